The zero-order valence-electron chi connectivity index (χ0n) is 10.3. The Hall–Kier alpha value is -1.20. The number of nitrogens with zero attached hydrogens (tertiary/aromatic N) is 2. The van der Waals surface area contributed by atoms with Crippen LogP contribution < -0.4 is 4.90 Å². The molecule has 1 aromatic rings. The number of rotatable bonds is 4. The molecule has 0 bridgehead atoms. The molecule has 1 fully saturated rings. The van der Waals surface area contributed by atoms with E-state index in [-0.39, 0.29) is 0 Å². The normalized spacial score (nSPS) is 14.8. The molecule has 0 saturated heterocycles. The fourth-order valence-electron chi connectivity index (χ4n) is 1.98. The summed E-state index contributed by atoms with van der Waals surface area (Å²) in [4.78, 5) is 2.33. The van der Waals surface area contributed by atoms with Crippen LogP contribution in [0.2, 0.25) is 5.02 Å². The van der Waals surface area contributed by atoms with Crippen LogP contribution in [0.25, 0.3) is 0 Å². The van der Waals surface area contributed by atoms with Crippen LogP contribution in [0, 0.1) is 17.2 Å². The number of hydrogen-bond donors (Lipinski definition) is 0. The Bertz CT molecular complexity index is 444. The minimum atomic E-state index is 0.432. The summed E-state index contributed by atoms with van der Waals surface area (Å²) in [5, 5.41) is 9.51. The van der Waals surface area contributed by atoms with Crippen molar-refractivity contribution in [2.24, 2.45) is 5.92 Å². The minimum Gasteiger partial charge on any atom is -0.368 e. The van der Waals surface area contributed by atoms with Gasteiger partial charge < -0.3 is 4.90 Å². The molecule has 0 amide bonds. The Morgan fingerprint density at radius 3 is 2.65 bits per heavy atom. The predicted octanol–water partition coefficient (Wildman–Crippen LogP) is 3.84. The summed E-state index contributed by atoms with van der Waals surface area (Å²) < 4.78 is 0. The Morgan fingerprint density at radius 2 is 2.18 bits per heavy atom. The minimum absolute atomic E-state index is 0.432. The van der Waals surface area contributed by atoms with Crippen molar-refractivity contribution in [3.05, 3.63) is 28.8 Å². The molecule has 0 aromatic heterocycles. The molecule has 0 heterocycles. The molecule has 0 spiro atoms. The van der Waals surface area contributed by atoms with Crippen LogP contribution in [0.1, 0.15) is 32.3 Å². The summed E-state index contributed by atoms with van der Waals surface area (Å²) >= 11 is 6.26. The van der Waals surface area contributed by atoms with Crippen LogP contribution >= 0.6 is 11.6 Å². The number of nitriles is 1. The molecule has 3 heteroatoms. The second kappa shape index (κ2) is 4.98. The third-order valence-electron chi connectivity index (χ3n) is 3.16. The number of anilines is 1. The fourth-order valence-corrected chi connectivity index (χ4v) is 2.26. The second-order valence-corrected chi connectivity index (χ2v) is 5.37. The van der Waals surface area contributed by atoms with E-state index < -0.39 is 0 Å². The number of hydrogen-bond acceptors (Lipinski definition) is 2. The average molecular weight is 249 g/mol. The largest absolute Gasteiger partial charge is 0.368 e. The first-order valence-corrected chi connectivity index (χ1v) is 6.46. The second-order valence-electron chi connectivity index (χ2n) is 4.97. The monoisotopic (exact) mass is 248 g/mol. The van der Waals surface area contributed by atoms with E-state index in [2.05, 4.69) is 24.8 Å². The van der Waals surface area contributed by atoms with E-state index in [1.807, 2.05) is 12.1 Å². The summed E-state index contributed by atoms with van der Waals surface area (Å²) in [6.07, 6.45) is 2.66. The highest BCUT2D eigenvalue weighted by Gasteiger charge is 2.26. The van der Waals surface area contributed by atoms with Gasteiger partial charge in [-0.3, -0.25) is 0 Å². The van der Waals surface area contributed by atoms with Gasteiger partial charge >= 0.3 is 0 Å². The maximum atomic E-state index is 8.83. The van der Waals surface area contributed by atoms with Gasteiger partial charge in [-0.15, -0.1) is 0 Å². The maximum Gasteiger partial charge on any atom is 0.0992 e. The van der Waals surface area contributed by atoms with Crippen molar-refractivity contribution in [1.29, 1.82) is 5.26 Å². The van der Waals surface area contributed by atoms with E-state index in [1.165, 1.54) is 12.8 Å². The molecule has 0 radical (unpaired) electrons. The van der Waals surface area contributed by atoms with Gasteiger partial charge in [-0.2, -0.15) is 5.26 Å². The molecule has 0 atom stereocenters. The third kappa shape index (κ3) is 2.92. The lowest BCUT2D eigenvalue weighted by atomic mass is 10.1. The van der Waals surface area contributed by atoms with Crippen LogP contribution in [0.3, 0.4) is 0 Å². The van der Waals surface area contributed by atoms with Crippen molar-refractivity contribution in [2.45, 2.75) is 32.7 Å². The van der Waals surface area contributed by atoms with Crippen LogP contribution in [-0.4, -0.2) is 12.6 Å². The quantitative estimate of drug-likeness (QED) is 0.810. The first-order valence-electron chi connectivity index (χ1n) is 6.08. The lowest BCUT2D eigenvalue weighted by molar-refractivity contribution is 0.645. The van der Waals surface area contributed by atoms with Crippen molar-refractivity contribution >= 4 is 17.3 Å². The van der Waals surface area contributed by atoms with Gasteiger partial charge in [-0.05, 0) is 50.8 Å². The highest BCUT2D eigenvalue weighted by molar-refractivity contribution is 6.33. The lowest BCUT2D eigenvalue weighted by Crippen LogP contribution is -2.32. The van der Waals surface area contributed by atoms with Crippen LogP contribution in [-0.2, 0) is 0 Å². The molecule has 1 aromatic carbocycles. The van der Waals surface area contributed by atoms with Crippen LogP contribution in [0.4, 0.5) is 5.69 Å². The van der Waals surface area contributed by atoms with Crippen LogP contribution in [0.15, 0.2) is 18.2 Å². The first kappa shape index (κ1) is 12.3. The molecule has 2 rings (SSSR count). The average Bonchev–Trinajstić information content (AvgIpc) is 3.10. The number of halogens is 1. The van der Waals surface area contributed by atoms with Crippen molar-refractivity contribution in [1.82, 2.24) is 0 Å². The third-order valence-corrected chi connectivity index (χ3v) is 3.46. The number of benzene rings is 1. The molecule has 1 aliphatic carbocycles. The Balaban J connectivity index is 2.25. The van der Waals surface area contributed by atoms with E-state index in [9.17, 15) is 0 Å². The topological polar surface area (TPSA) is 27.0 Å². The van der Waals surface area contributed by atoms with Gasteiger partial charge in [0.15, 0.2) is 0 Å². The zero-order chi connectivity index (χ0) is 12.4. The Morgan fingerprint density at radius 1 is 1.47 bits per heavy atom. The van der Waals surface area contributed by atoms with Gasteiger partial charge in [0.25, 0.3) is 0 Å². The van der Waals surface area contributed by atoms with Crippen molar-refractivity contribution in [2.75, 3.05) is 11.4 Å². The lowest BCUT2D eigenvalue weighted by Gasteiger charge is -2.30. The summed E-state index contributed by atoms with van der Waals surface area (Å²) in [5.41, 5.74) is 1.67. The SMILES string of the molecule is CC(C)N(CC1CC1)c1ccc(C#N)cc1Cl. The van der Waals surface area contributed by atoms with Crippen LogP contribution in [0.5, 0.6) is 0 Å². The highest BCUT2D eigenvalue weighted by atomic mass is 35.5. The summed E-state index contributed by atoms with van der Waals surface area (Å²) in [5.74, 6) is 0.823. The summed E-state index contributed by atoms with van der Waals surface area (Å²) in [7, 11) is 0. The van der Waals surface area contributed by atoms with E-state index in [1.54, 1.807) is 6.07 Å². The van der Waals surface area contributed by atoms with Gasteiger partial charge in [0.05, 0.1) is 22.3 Å². The molecule has 1 aliphatic rings. The highest BCUT2D eigenvalue weighted by Crippen LogP contribution is 2.35. The molecule has 90 valence electrons. The maximum absolute atomic E-state index is 8.83. The molecule has 17 heavy (non-hydrogen) atoms. The van der Waals surface area contributed by atoms with Gasteiger partial charge in [0.2, 0.25) is 0 Å². The van der Waals surface area contributed by atoms with E-state index >= 15 is 0 Å². The van der Waals surface area contributed by atoms with Crippen molar-refractivity contribution < 1.29 is 0 Å². The smallest absolute Gasteiger partial charge is 0.0992 e. The molecule has 0 aliphatic heterocycles. The molecule has 1 saturated carbocycles. The van der Waals surface area contributed by atoms with Crippen molar-refractivity contribution in [3.63, 3.8) is 0 Å². The van der Waals surface area contributed by atoms with Gasteiger partial charge in [-0.1, -0.05) is 11.6 Å². The van der Waals surface area contributed by atoms with Gasteiger partial charge in [-0.25, -0.2) is 0 Å². The molecular weight excluding hydrogens is 232 g/mol. The van der Waals surface area contributed by atoms with Gasteiger partial charge in [0.1, 0.15) is 0 Å². The Labute approximate surface area is 108 Å². The summed E-state index contributed by atoms with van der Waals surface area (Å²) in [6.45, 7) is 5.43. The Kier molecular flexibility index (Phi) is 3.59. The molecule has 0 N–H and O–H groups in total. The van der Waals surface area contributed by atoms with Gasteiger partial charge in [0, 0.05) is 12.6 Å². The molecule has 2 nitrogen and oxygen atoms in total. The standard InChI is InChI=1S/C14H17ClN2/c1-10(2)17(9-11-3-4-11)14-6-5-12(8-16)7-13(14)15/h5-7,10-11H,3-4,9H2,1-2H3. The predicted molar refractivity (Wildman–Crippen MR) is 71.4 cm³/mol. The van der Waals surface area contributed by atoms with Crippen molar-refractivity contribution in [3.8, 4) is 6.07 Å². The van der Waals surface area contributed by atoms with E-state index in [0.717, 1.165) is 18.2 Å². The van der Waals surface area contributed by atoms with E-state index in [0.29, 0.717) is 16.6 Å². The molecule has 0 unspecified atom stereocenters. The van der Waals surface area contributed by atoms with E-state index in [4.69, 9.17) is 16.9 Å². The molecular formula is C14H17ClN2. The summed E-state index contributed by atoms with van der Waals surface area (Å²) in [6, 6.07) is 8.09. The first-order chi connectivity index (χ1) is 8.11. The zero-order valence-corrected chi connectivity index (χ0v) is 11.0. The fraction of sp³-hybridized carbons (Fsp3) is 0.500.